The zero-order chi connectivity index (χ0) is 34.3. The normalized spacial score (nSPS) is 21.0. The summed E-state index contributed by atoms with van der Waals surface area (Å²) in [5.74, 6) is -1.01. The van der Waals surface area contributed by atoms with E-state index in [0.717, 1.165) is 17.5 Å². The third kappa shape index (κ3) is 9.18. The average Bonchev–Trinajstić information content (AvgIpc) is 3.49. The van der Waals surface area contributed by atoms with Gasteiger partial charge in [-0.1, -0.05) is 26.0 Å². The number of aryl methyl sites for hydroxylation is 2. The largest absolute Gasteiger partial charge is 0.573 e. The maximum Gasteiger partial charge on any atom is 0.573 e. The number of halogens is 3. The molecule has 11 nitrogen and oxygen atoms in total. The first kappa shape index (κ1) is 40.3. The molecule has 1 spiro atoms. The molecular weight excluding hydrogens is 704 g/mol. The SMILES string of the molecule is Cc1cc(C(=O)N2C[C@H](NC(C)C)[C@@H](O)C2)cc(C)c1/C=C/S(=O)(=O)N1CCC2(CC1)N=C(c1cccc(OC(F)(F)F)c1)NC2=O.S.S. The van der Waals surface area contributed by atoms with Crippen LogP contribution < -0.4 is 15.4 Å². The minimum absolute atomic E-state index is 0. The van der Waals surface area contributed by atoms with Crippen LogP contribution in [0.4, 0.5) is 13.2 Å². The third-order valence-electron chi connectivity index (χ3n) is 8.60. The Morgan fingerprint density at radius 1 is 1.12 bits per heavy atom. The van der Waals surface area contributed by atoms with Gasteiger partial charge in [0.2, 0.25) is 10.0 Å². The second-order valence-electron chi connectivity index (χ2n) is 12.5. The second kappa shape index (κ2) is 15.4. The summed E-state index contributed by atoms with van der Waals surface area (Å²) in [6.45, 7) is 8.15. The van der Waals surface area contributed by atoms with Crippen molar-refractivity contribution in [2.24, 2.45) is 4.99 Å². The summed E-state index contributed by atoms with van der Waals surface area (Å²) in [7, 11) is -3.89. The quantitative estimate of drug-likeness (QED) is 0.377. The minimum Gasteiger partial charge on any atom is -0.406 e. The number of aliphatic hydroxyl groups excluding tert-OH is 1. The van der Waals surface area contributed by atoms with Gasteiger partial charge in [-0.15, -0.1) is 13.2 Å². The molecule has 49 heavy (non-hydrogen) atoms. The molecule has 2 saturated heterocycles. The maximum absolute atomic E-state index is 13.3. The Kier molecular flexibility index (Phi) is 12.7. The smallest absolute Gasteiger partial charge is 0.406 e. The predicted octanol–water partition coefficient (Wildman–Crippen LogP) is 3.32. The molecule has 2 fully saturated rings. The first-order valence-electron chi connectivity index (χ1n) is 15.3. The number of benzene rings is 2. The number of carbonyl (C=O) groups is 2. The van der Waals surface area contributed by atoms with Crippen LogP contribution >= 0.6 is 27.0 Å². The van der Waals surface area contributed by atoms with Gasteiger partial charge in [-0.05, 0) is 73.7 Å². The number of piperidine rings is 1. The van der Waals surface area contributed by atoms with Crippen LogP contribution in [0.2, 0.25) is 0 Å². The highest BCUT2D eigenvalue weighted by Gasteiger charge is 2.47. The number of carbonyl (C=O) groups excluding carboxylic acids is 2. The molecule has 0 bridgehead atoms. The zero-order valence-corrected chi connectivity index (χ0v) is 30.3. The van der Waals surface area contributed by atoms with Crippen LogP contribution in [0.1, 0.15) is 59.3 Å². The summed E-state index contributed by atoms with van der Waals surface area (Å²) in [5, 5.41) is 17.4. The molecule has 0 aliphatic carbocycles. The van der Waals surface area contributed by atoms with Crippen molar-refractivity contribution in [3.63, 3.8) is 0 Å². The van der Waals surface area contributed by atoms with E-state index >= 15 is 0 Å². The Labute approximate surface area is 297 Å². The van der Waals surface area contributed by atoms with Crippen LogP contribution in [0.15, 0.2) is 46.8 Å². The van der Waals surface area contributed by atoms with E-state index in [1.165, 1.54) is 22.5 Å². The molecule has 17 heteroatoms. The summed E-state index contributed by atoms with van der Waals surface area (Å²) >= 11 is 0. The molecule has 3 aliphatic heterocycles. The Morgan fingerprint density at radius 2 is 1.76 bits per heavy atom. The van der Waals surface area contributed by atoms with Crippen LogP contribution in [-0.2, 0) is 14.8 Å². The number of rotatable bonds is 8. The summed E-state index contributed by atoms with van der Waals surface area (Å²) in [6.07, 6.45) is -3.88. The lowest BCUT2D eigenvalue weighted by Gasteiger charge is -2.34. The van der Waals surface area contributed by atoms with Crippen molar-refractivity contribution in [2.45, 2.75) is 70.6 Å². The van der Waals surface area contributed by atoms with Crippen molar-refractivity contribution in [3.8, 4) is 5.75 Å². The summed E-state index contributed by atoms with van der Waals surface area (Å²) < 4.78 is 69.8. The molecule has 2 aromatic carbocycles. The average molecular weight is 746 g/mol. The lowest BCUT2D eigenvalue weighted by Crippen LogP contribution is -2.50. The number of sulfonamides is 1. The van der Waals surface area contributed by atoms with Gasteiger partial charge in [-0.2, -0.15) is 31.3 Å². The number of aliphatic imine (C=N–C) groups is 1. The van der Waals surface area contributed by atoms with Crippen molar-refractivity contribution in [2.75, 3.05) is 26.2 Å². The molecule has 2 amide bonds. The second-order valence-corrected chi connectivity index (χ2v) is 14.3. The Hall–Kier alpha value is -3.09. The minimum atomic E-state index is -4.87. The molecule has 0 radical (unpaired) electrons. The maximum atomic E-state index is 13.3. The molecule has 3 N–H and O–H groups in total. The van der Waals surface area contributed by atoms with Crippen molar-refractivity contribution in [1.29, 1.82) is 0 Å². The van der Waals surface area contributed by atoms with Gasteiger partial charge >= 0.3 is 6.36 Å². The van der Waals surface area contributed by atoms with E-state index in [4.69, 9.17) is 0 Å². The van der Waals surface area contributed by atoms with Crippen LogP contribution in [-0.4, -0.2) is 96.6 Å². The van der Waals surface area contributed by atoms with Crippen molar-refractivity contribution < 1.29 is 41.0 Å². The fourth-order valence-corrected chi connectivity index (χ4v) is 7.44. The number of hydrogen-bond acceptors (Lipinski definition) is 8. The number of alkyl halides is 3. The van der Waals surface area contributed by atoms with Crippen LogP contribution in [0.5, 0.6) is 5.75 Å². The summed E-state index contributed by atoms with van der Waals surface area (Å²) in [5.41, 5.74) is 1.52. The summed E-state index contributed by atoms with van der Waals surface area (Å²) in [6, 6.07) is 8.48. The van der Waals surface area contributed by atoms with Gasteiger partial charge in [0.25, 0.3) is 11.8 Å². The standard InChI is InChI=1S/C32H38F3N5O6S.2H2S/c1-19(2)36-26-17-39(18-27(26)41)29(42)23-14-20(3)25(21(4)15-23)8-13-47(44,45)40-11-9-31(10-12-40)30(43)37-28(38-31)22-6-5-7-24(16-22)46-32(33,34)35;;/h5-8,13-16,19,26-27,36,41H,9-12,17-18H2,1-4H3,(H,37,38,43);2*1H2/b13-8+;;/t26-,27-;;/m0../s1. The molecule has 2 aromatic rings. The molecule has 0 aromatic heterocycles. The van der Waals surface area contributed by atoms with E-state index in [-0.39, 0.29) is 88.9 Å². The molecule has 3 heterocycles. The highest BCUT2D eigenvalue weighted by Crippen LogP contribution is 2.33. The fraction of sp³-hybridized carbons (Fsp3) is 0.469. The van der Waals surface area contributed by atoms with Crippen LogP contribution in [0.3, 0.4) is 0 Å². The number of hydrogen-bond donors (Lipinski definition) is 3. The zero-order valence-electron chi connectivity index (χ0n) is 27.5. The summed E-state index contributed by atoms with van der Waals surface area (Å²) in [4.78, 5) is 32.3. The number of nitrogens with one attached hydrogen (secondary N) is 2. The lowest BCUT2D eigenvalue weighted by atomic mass is 9.89. The molecule has 3 aliphatic rings. The van der Waals surface area contributed by atoms with Gasteiger partial charge in [0.1, 0.15) is 17.1 Å². The van der Waals surface area contributed by atoms with Crippen molar-refractivity contribution in [1.82, 2.24) is 19.8 Å². The molecule has 2 atom stereocenters. The molecular formula is C32H42F3N5O6S3. The van der Waals surface area contributed by atoms with Gasteiger partial charge in [-0.25, -0.2) is 8.42 Å². The monoisotopic (exact) mass is 745 g/mol. The van der Waals surface area contributed by atoms with Gasteiger partial charge in [-0.3, -0.25) is 14.6 Å². The third-order valence-corrected chi connectivity index (χ3v) is 10.2. The van der Waals surface area contributed by atoms with Gasteiger partial charge < -0.3 is 25.4 Å². The van der Waals surface area contributed by atoms with E-state index < -0.39 is 39.7 Å². The molecule has 0 saturated carbocycles. The van der Waals surface area contributed by atoms with Gasteiger partial charge in [0, 0.05) is 48.8 Å². The van der Waals surface area contributed by atoms with Gasteiger partial charge in [0.05, 0.1) is 12.1 Å². The number of aliphatic hydroxyl groups is 1. The number of ether oxygens (including phenoxy) is 1. The first-order valence-corrected chi connectivity index (χ1v) is 16.8. The predicted molar refractivity (Wildman–Crippen MR) is 190 cm³/mol. The number of amidine groups is 1. The lowest BCUT2D eigenvalue weighted by molar-refractivity contribution is -0.274. The first-order chi connectivity index (χ1) is 22.0. The van der Waals surface area contributed by atoms with E-state index in [9.17, 15) is 36.3 Å². The molecule has 5 rings (SSSR count). The fourth-order valence-electron chi connectivity index (χ4n) is 6.27. The number of likely N-dealkylation sites (tertiary alicyclic amines) is 1. The van der Waals surface area contributed by atoms with Gasteiger partial charge in [0.15, 0.2) is 0 Å². The van der Waals surface area contributed by atoms with E-state index in [2.05, 4.69) is 20.4 Å². The van der Waals surface area contributed by atoms with E-state index in [1.807, 2.05) is 13.8 Å². The van der Waals surface area contributed by atoms with Crippen molar-refractivity contribution in [3.05, 3.63) is 69.6 Å². The number of nitrogens with zero attached hydrogens (tertiary/aromatic N) is 3. The molecule has 270 valence electrons. The van der Waals surface area contributed by atoms with E-state index in [0.29, 0.717) is 28.8 Å². The topological polar surface area (TPSA) is 141 Å². The number of β-amino-alcohol motifs (C(OH)–C–C–N with tert-alkyl or cyclic N) is 1. The Balaban J connectivity index is 0.00000325. The van der Waals surface area contributed by atoms with Crippen LogP contribution in [0, 0.1) is 13.8 Å². The van der Waals surface area contributed by atoms with Crippen LogP contribution in [0.25, 0.3) is 6.08 Å². The Morgan fingerprint density at radius 3 is 2.35 bits per heavy atom. The Bertz CT molecular complexity index is 1700. The highest BCUT2D eigenvalue weighted by molar-refractivity contribution is 7.92. The number of amides is 2. The molecule has 0 unspecified atom stereocenters. The highest BCUT2D eigenvalue weighted by atomic mass is 32.2. The van der Waals surface area contributed by atoms with E-state index in [1.54, 1.807) is 30.9 Å². The van der Waals surface area contributed by atoms with Crippen molar-refractivity contribution >= 4 is 60.7 Å².